The van der Waals surface area contributed by atoms with Crippen LogP contribution in [0.15, 0.2) is 52.5 Å². The van der Waals surface area contributed by atoms with E-state index in [0.29, 0.717) is 10.8 Å². The summed E-state index contributed by atoms with van der Waals surface area (Å²) in [7, 11) is 0. The van der Waals surface area contributed by atoms with Crippen LogP contribution in [-0.4, -0.2) is 16.8 Å². The fourth-order valence-electron chi connectivity index (χ4n) is 1.97. The first-order chi connectivity index (χ1) is 11.1. The Morgan fingerprint density at radius 1 is 1.17 bits per heavy atom. The molecule has 116 valence electrons. The molecule has 0 aliphatic rings. The van der Waals surface area contributed by atoms with Crippen molar-refractivity contribution in [2.45, 2.75) is 6.92 Å². The molecule has 0 bridgehead atoms. The Bertz CT molecular complexity index is 840. The molecule has 0 aliphatic heterocycles. The second kappa shape index (κ2) is 6.45. The molecule has 7 heteroatoms. The molecule has 0 radical (unpaired) electrons. The van der Waals surface area contributed by atoms with Gasteiger partial charge >= 0.3 is 0 Å². The number of hydrogen-bond acceptors (Lipinski definition) is 5. The molecule has 3 aromatic rings. The summed E-state index contributed by atoms with van der Waals surface area (Å²) in [4.78, 5) is 27.4. The monoisotopic (exact) mass is 327 g/mol. The topological polar surface area (TPSA) is 84.2 Å². The van der Waals surface area contributed by atoms with Gasteiger partial charge < -0.3 is 15.1 Å². The molecule has 2 N–H and O–H groups in total. The van der Waals surface area contributed by atoms with Gasteiger partial charge in [0, 0.05) is 23.6 Å². The third-order valence-corrected chi connectivity index (χ3v) is 3.71. The standard InChI is InChI=1S/C16H13N3O3S/c1-10(20)17-16-19-13(9-23-16)11-4-2-5-12(8-11)18-15(21)14-6-3-7-22-14/h2-9H,1H3,(H,18,21)(H,17,19,20). The number of furan rings is 1. The van der Waals surface area contributed by atoms with E-state index in [1.807, 2.05) is 23.6 Å². The molecular weight excluding hydrogens is 314 g/mol. The average Bonchev–Trinajstić information content (AvgIpc) is 3.18. The van der Waals surface area contributed by atoms with E-state index in [9.17, 15) is 9.59 Å². The molecule has 0 aliphatic carbocycles. The molecule has 2 heterocycles. The summed E-state index contributed by atoms with van der Waals surface area (Å²) < 4.78 is 5.06. The van der Waals surface area contributed by atoms with Crippen LogP contribution in [0.25, 0.3) is 11.3 Å². The van der Waals surface area contributed by atoms with E-state index < -0.39 is 0 Å². The third kappa shape index (κ3) is 3.64. The zero-order valence-electron chi connectivity index (χ0n) is 12.2. The molecule has 3 rings (SSSR count). The maximum Gasteiger partial charge on any atom is 0.291 e. The van der Waals surface area contributed by atoms with Gasteiger partial charge in [-0.2, -0.15) is 0 Å². The van der Waals surface area contributed by atoms with Crippen LogP contribution in [0.3, 0.4) is 0 Å². The first-order valence-corrected chi connectivity index (χ1v) is 7.68. The number of rotatable bonds is 4. The second-order valence-corrected chi connectivity index (χ2v) is 5.59. The molecule has 0 saturated carbocycles. The van der Waals surface area contributed by atoms with Crippen molar-refractivity contribution >= 4 is 34.0 Å². The fraction of sp³-hybridized carbons (Fsp3) is 0.0625. The number of benzene rings is 1. The minimum Gasteiger partial charge on any atom is -0.459 e. The van der Waals surface area contributed by atoms with Gasteiger partial charge in [0.2, 0.25) is 5.91 Å². The van der Waals surface area contributed by atoms with Crippen molar-refractivity contribution in [1.82, 2.24) is 4.98 Å². The zero-order chi connectivity index (χ0) is 16.2. The highest BCUT2D eigenvalue weighted by atomic mass is 32.1. The van der Waals surface area contributed by atoms with Crippen molar-refractivity contribution in [3.63, 3.8) is 0 Å². The number of amides is 2. The minimum atomic E-state index is -0.315. The largest absolute Gasteiger partial charge is 0.459 e. The SMILES string of the molecule is CC(=O)Nc1nc(-c2cccc(NC(=O)c3ccco3)c2)cs1. The first kappa shape index (κ1) is 15.0. The van der Waals surface area contributed by atoms with E-state index in [1.165, 1.54) is 24.5 Å². The van der Waals surface area contributed by atoms with E-state index in [-0.39, 0.29) is 17.6 Å². The molecule has 0 spiro atoms. The summed E-state index contributed by atoms with van der Waals surface area (Å²) in [6.07, 6.45) is 1.45. The summed E-state index contributed by atoms with van der Waals surface area (Å²) in [5.41, 5.74) is 2.21. The van der Waals surface area contributed by atoms with Gasteiger partial charge in [0.05, 0.1) is 12.0 Å². The van der Waals surface area contributed by atoms with Crippen LogP contribution in [0, 0.1) is 0 Å². The van der Waals surface area contributed by atoms with Gasteiger partial charge in [-0.3, -0.25) is 9.59 Å². The summed E-state index contributed by atoms with van der Waals surface area (Å²) in [5, 5.41) is 7.80. The van der Waals surface area contributed by atoms with Gasteiger partial charge in [-0.1, -0.05) is 12.1 Å². The lowest BCUT2D eigenvalue weighted by atomic mass is 10.1. The number of carbonyl (C=O) groups is 2. The van der Waals surface area contributed by atoms with Crippen LogP contribution < -0.4 is 10.6 Å². The number of anilines is 2. The van der Waals surface area contributed by atoms with Crippen molar-refractivity contribution < 1.29 is 14.0 Å². The average molecular weight is 327 g/mol. The molecule has 0 saturated heterocycles. The maximum atomic E-state index is 12.0. The lowest BCUT2D eigenvalue weighted by Gasteiger charge is -2.05. The summed E-state index contributed by atoms with van der Waals surface area (Å²) >= 11 is 1.35. The van der Waals surface area contributed by atoms with Crippen LogP contribution >= 0.6 is 11.3 Å². The first-order valence-electron chi connectivity index (χ1n) is 6.80. The van der Waals surface area contributed by atoms with Gasteiger partial charge in [-0.05, 0) is 24.3 Å². The predicted molar refractivity (Wildman–Crippen MR) is 88.5 cm³/mol. The molecule has 2 aromatic heterocycles. The molecule has 1 aromatic carbocycles. The van der Waals surface area contributed by atoms with E-state index in [0.717, 1.165) is 11.3 Å². The number of aromatic nitrogens is 1. The molecular formula is C16H13N3O3S. The smallest absolute Gasteiger partial charge is 0.291 e. The minimum absolute atomic E-state index is 0.162. The van der Waals surface area contributed by atoms with Crippen molar-refractivity contribution in [3.05, 3.63) is 53.8 Å². The number of thiazole rings is 1. The van der Waals surface area contributed by atoms with Gasteiger partial charge in [0.15, 0.2) is 10.9 Å². The molecule has 2 amide bonds. The quantitative estimate of drug-likeness (QED) is 0.766. The molecule has 23 heavy (non-hydrogen) atoms. The third-order valence-electron chi connectivity index (χ3n) is 2.95. The molecule has 0 fully saturated rings. The summed E-state index contributed by atoms with van der Waals surface area (Å²) in [5.74, 6) is -0.230. The molecule has 0 atom stereocenters. The van der Waals surface area contributed by atoms with E-state index >= 15 is 0 Å². The normalized spacial score (nSPS) is 10.3. The van der Waals surface area contributed by atoms with Crippen LogP contribution in [0.1, 0.15) is 17.5 Å². The Hall–Kier alpha value is -2.93. The van der Waals surface area contributed by atoms with E-state index in [4.69, 9.17) is 4.42 Å². The van der Waals surface area contributed by atoms with Gasteiger partial charge in [-0.25, -0.2) is 4.98 Å². The molecule has 0 unspecified atom stereocenters. The Kier molecular flexibility index (Phi) is 4.20. The lowest BCUT2D eigenvalue weighted by Crippen LogP contribution is -2.10. The summed E-state index contributed by atoms with van der Waals surface area (Å²) in [6.45, 7) is 1.44. The summed E-state index contributed by atoms with van der Waals surface area (Å²) in [6, 6.07) is 10.6. The van der Waals surface area contributed by atoms with Gasteiger partial charge in [0.1, 0.15) is 0 Å². The van der Waals surface area contributed by atoms with Crippen LogP contribution in [0.4, 0.5) is 10.8 Å². The Balaban J connectivity index is 1.78. The number of nitrogens with one attached hydrogen (secondary N) is 2. The Morgan fingerprint density at radius 2 is 2.04 bits per heavy atom. The van der Waals surface area contributed by atoms with E-state index in [1.54, 1.807) is 18.2 Å². The van der Waals surface area contributed by atoms with Crippen molar-refractivity contribution in [3.8, 4) is 11.3 Å². The zero-order valence-corrected chi connectivity index (χ0v) is 13.0. The van der Waals surface area contributed by atoms with Gasteiger partial charge in [0.25, 0.3) is 5.91 Å². The highest BCUT2D eigenvalue weighted by Gasteiger charge is 2.10. The number of hydrogen-bond donors (Lipinski definition) is 2. The predicted octanol–water partition coefficient (Wildman–Crippen LogP) is 3.61. The Morgan fingerprint density at radius 3 is 2.78 bits per heavy atom. The van der Waals surface area contributed by atoms with Crippen LogP contribution in [0.2, 0.25) is 0 Å². The molecule has 6 nitrogen and oxygen atoms in total. The number of nitrogens with zero attached hydrogens (tertiary/aromatic N) is 1. The maximum absolute atomic E-state index is 12.0. The highest BCUT2D eigenvalue weighted by Crippen LogP contribution is 2.27. The van der Waals surface area contributed by atoms with Crippen LogP contribution in [-0.2, 0) is 4.79 Å². The van der Waals surface area contributed by atoms with Gasteiger partial charge in [-0.15, -0.1) is 11.3 Å². The van der Waals surface area contributed by atoms with Crippen LogP contribution in [0.5, 0.6) is 0 Å². The second-order valence-electron chi connectivity index (χ2n) is 4.73. The van der Waals surface area contributed by atoms with Crippen molar-refractivity contribution in [2.24, 2.45) is 0 Å². The van der Waals surface area contributed by atoms with Crippen molar-refractivity contribution in [1.29, 1.82) is 0 Å². The highest BCUT2D eigenvalue weighted by molar-refractivity contribution is 7.14. The van der Waals surface area contributed by atoms with E-state index in [2.05, 4.69) is 15.6 Å². The number of carbonyl (C=O) groups excluding carboxylic acids is 2. The fourth-order valence-corrected chi connectivity index (χ4v) is 2.74. The Labute approximate surface area is 136 Å². The van der Waals surface area contributed by atoms with Crippen molar-refractivity contribution in [2.75, 3.05) is 10.6 Å². The lowest BCUT2D eigenvalue weighted by molar-refractivity contribution is -0.114.